The Bertz CT molecular complexity index is 644. The van der Waals surface area contributed by atoms with Gasteiger partial charge in [-0.3, -0.25) is 4.79 Å². The molecule has 2 aromatic carbocycles. The maximum absolute atomic E-state index is 11.0. The number of nitrogen functional groups attached to an aromatic ring is 1. The Labute approximate surface area is 120 Å². The second-order valence-electron chi connectivity index (χ2n) is 3.92. The third kappa shape index (κ3) is 3.10. The molecule has 0 spiro atoms. The van der Waals surface area contributed by atoms with Gasteiger partial charge in [0.2, 0.25) is 5.91 Å². The number of amides is 1. The molecule has 0 aliphatic heterocycles. The summed E-state index contributed by atoms with van der Waals surface area (Å²) in [4.78, 5) is 11.0. The number of carbonyl (C=O) groups is 1. The normalized spacial score (nSPS) is 10.2. The fourth-order valence-corrected chi connectivity index (χ4v) is 1.95. The van der Waals surface area contributed by atoms with Crippen molar-refractivity contribution in [3.8, 4) is 0 Å². The molecule has 0 atom stereocenters. The molecule has 0 saturated heterocycles. The van der Waals surface area contributed by atoms with Crippen LogP contribution in [-0.2, 0) is 0 Å². The van der Waals surface area contributed by atoms with Crippen LogP contribution in [0.1, 0.15) is 10.4 Å². The van der Waals surface area contributed by atoms with Crippen molar-refractivity contribution in [2.75, 3.05) is 11.1 Å². The number of carbonyl (C=O) groups excluding carboxylic acids is 1. The molecule has 0 fully saturated rings. The lowest BCUT2D eigenvalue weighted by molar-refractivity contribution is 0.100. The van der Waals surface area contributed by atoms with Gasteiger partial charge in [-0.15, -0.1) is 0 Å². The van der Waals surface area contributed by atoms with E-state index in [1.807, 2.05) is 0 Å². The first kappa shape index (κ1) is 13.5. The summed E-state index contributed by atoms with van der Waals surface area (Å²) in [6.07, 6.45) is 0. The molecule has 0 heterocycles. The maximum atomic E-state index is 11.0. The highest BCUT2D eigenvalue weighted by Crippen LogP contribution is 2.31. The van der Waals surface area contributed by atoms with E-state index >= 15 is 0 Å². The highest BCUT2D eigenvalue weighted by molar-refractivity contribution is 6.35. The summed E-state index contributed by atoms with van der Waals surface area (Å²) in [5.74, 6) is -0.532. The Morgan fingerprint density at radius 2 is 1.74 bits per heavy atom. The smallest absolute Gasteiger partial charge is 0.248 e. The molecule has 19 heavy (non-hydrogen) atoms. The van der Waals surface area contributed by atoms with Crippen molar-refractivity contribution in [2.24, 2.45) is 5.73 Å². The molecular weight excluding hydrogens is 285 g/mol. The second-order valence-corrected chi connectivity index (χ2v) is 4.74. The Hall–Kier alpha value is -1.91. The topological polar surface area (TPSA) is 81.1 Å². The van der Waals surface area contributed by atoms with Gasteiger partial charge in [0.15, 0.2) is 0 Å². The predicted molar refractivity (Wildman–Crippen MR) is 79.1 cm³/mol. The minimum atomic E-state index is -0.532. The van der Waals surface area contributed by atoms with E-state index in [0.717, 1.165) is 0 Å². The summed E-state index contributed by atoms with van der Waals surface area (Å²) < 4.78 is 0. The summed E-state index contributed by atoms with van der Waals surface area (Å²) in [6, 6.07) is 9.81. The first-order chi connectivity index (χ1) is 8.97. The van der Waals surface area contributed by atoms with Gasteiger partial charge in [-0.1, -0.05) is 23.2 Å². The molecule has 0 aliphatic rings. The molecule has 0 aromatic heterocycles. The molecule has 2 rings (SSSR count). The third-order valence-corrected chi connectivity index (χ3v) is 3.16. The number of halogens is 2. The predicted octanol–water partition coefficient (Wildman–Crippen LogP) is 3.42. The average Bonchev–Trinajstić information content (AvgIpc) is 2.36. The molecule has 4 nitrogen and oxygen atoms in total. The lowest BCUT2D eigenvalue weighted by Crippen LogP contribution is -2.10. The van der Waals surface area contributed by atoms with E-state index in [9.17, 15) is 4.79 Å². The molecule has 0 saturated carbocycles. The van der Waals surface area contributed by atoms with Crippen molar-refractivity contribution >= 4 is 46.2 Å². The van der Waals surface area contributed by atoms with Crippen LogP contribution in [0, 0.1) is 0 Å². The van der Waals surface area contributed by atoms with Crippen LogP contribution in [0.3, 0.4) is 0 Å². The lowest BCUT2D eigenvalue weighted by atomic mass is 10.2. The number of hydrogen-bond acceptors (Lipinski definition) is 3. The fourth-order valence-electron chi connectivity index (χ4n) is 1.55. The highest BCUT2D eigenvalue weighted by atomic mass is 35.5. The molecule has 1 amide bonds. The van der Waals surface area contributed by atoms with Crippen LogP contribution in [0.2, 0.25) is 10.0 Å². The zero-order valence-corrected chi connectivity index (χ0v) is 11.3. The van der Waals surface area contributed by atoms with E-state index in [4.69, 9.17) is 34.7 Å². The highest BCUT2D eigenvalue weighted by Gasteiger charge is 2.07. The third-order valence-electron chi connectivity index (χ3n) is 2.51. The Morgan fingerprint density at radius 3 is 2.37 bits per heavy atom. The molecule has 0 unspecified atom stereocenters. The number of anilines is 3. The van der Waals surface area contributed by atoms with Crippen molar-refractivity contribution < 1.29 is 4.79 Å². The van der Waals surface area contributed by atoms with E-state index in [2.05, 4.69) is 5.32 Å². The van der Waals surface area contributed by atoms with Gasteiger partial charge in [0, 0.05) is 11.3 Å². The number of rotatable bonds is 3. The van der Waals surface area contributed by atoms with Gasteiger partial charge in [-0.2, -0.15) is 0 Å². The largest absolute Gasteiger partial charge is 0.399 e. The van der Waals surface area contributed by atoms with Crippen molar-refractivity contribution in [3.63, 3.8) is 0 Å². The summed E-state index contributed by atoms with van der Waals surface area (Å²) in [7, 11) is 0. The monoisotopic (exact) mass is 295 g/mol. The van der Waals surface area contributed by atoms with Crippen LogP contribution >= 0.6 is 23.2 Å². The van der Waals surface area contributed by atoms with Crippen LogP contribution in [-0.4, -0.2) is 5.91 Å². The van der Waals surface area contributed by atoms with E-state index in [1.165, 1.54) is 6.07 Å². The molecule has 0 radical (unpaired) electrons. The van der Waals surface area contributed by atoms with Crippen LogP contribution < -0.4 is 16.8 Å². The minimum absolute atomic E-state index is 0.342. The number of primary amides is 1. The van der Waals surface area contributed by atoms with Gasteiger partial charge in [-0.05, 0) is 36.4 Å². The Balaban J connectivity index is 2.33. The summed E-state index contributed by atoms with van der Waals surface area (Å²) in [5, 5.41) is 3.94. The lowest BCUT2D eigenvalue weighted by Gasteiger charge is -2.11. The second kappa shape index (κ2) is 5.38. The molecule has 2 aromatic rings. The van der Waals surface area contributed by atoms with Gasteiger partial charge in [0.05, 0.1) is 21.4 Å². The van der Waals surface area contributed by atoms with Crippen LogP contribution in [0.4, 0.5) is 17.1 Å². The number of hydrogen-bond donors (Lipinski definition) is 3. The van der Waals surface area contributed by atoms with Crippen LogP contribution in [0.5, 0.6) is 0 Å². The SMILES string of the molecule is NC(=O)c1ccc(Nc2cc(N)ccc2Cl)c(Cl)c1. The van der Waals surface area contributed by atoms with E-state index in [-0.39, 0.29) is 0 Å². The number of nitrogens with two attached hydrogens (primary N) is 2. The molecule has 0 aliphatic carbocycles. The van der Waals surface area contributed by atoms with Gasteiger partial charge >= 0.3 is 0 Å². The minimum Gasteiger partial charge on any atom is -0.399 e. The summed E-state index contributed by atoms with van der Waals surface area (Å²) in [5.41, 5.74) is 13.0. The van der Waals surface area contributed by atoms with Gasteiger partial charge < -0.3 is 16.8 Å². The maximum Gasteiger partial charge on any atom is 0.248 e. The standard InChI is InChI=1S/C13H11Cl2N3O/c14-9-3-2-8(16)6-12(9)18-11-4-1-7(13(17)19)5-10(11)15/h1-6,18H,16H2,(H2,17,19). The number of nitrogens with one attached hydrogen (secondary N) is 1. The molecule has 0 bridgehead atoms. The van der Waals surface area contributed by atoms with Crippen molar-refractivity contribution in [1.29, 1.82) is 0 Å². The van der Waals surface area contributed by atoms with Crippen molar-refractivity contribution in [3.05, 3.63) is 52.0 Å². The molecular formula is C13H11Cl2N3O. The zero-order valence-electron chi connectivity index (χ0n) is 9.78. The van der Waals surface area contributed by atoms with Crippen molar-refractivity contribution in [2.45, 2.75) is 0 Å². The van der Waals surface area contributed by atoms with Crippen molar-refractivity contribution in [1.82, 2.24) is 0 Å². The van der Waals surface area contributed by atoms with Gasteiger partial charge in [-0.25, -0.2) is 0 Å². The fraction of sp³-hybridized carbons (Fsp3) is 0. The molecule has 6 heteroatoms. The first-order valence-electron chi connectivity index (χ1n) is 5.39. The molecule has 98 valence electrons. The van der Waals surface area contributed by atoms with E-state index in [1.54, 1.807) is 30.3 Å². The summed E-state index contributed by atoms with van der Waals surface area (Å²) in [6.45, 7) is 0. The quantitative estimate of drug-likeness (QED) is 0.759. The zero-order chi connectivity index (χ0) is 14.0. The van der Waals surface area contributed by atoms with Crippen LogP contribution in [0.25, 0.3) is 0 Å². The van der Waals surface area contributed by atoms with Gasteiger partial charge in [0.25, 0.3) is 0 Å². The first-order valence-corrected chi connectivity index (χ1v) is 6.14. The van der Waals surface area contributed by atoms with E-state index in [0.29, 0.717) is 32.7 Å². The summed E-state index contributed by atoms with van der Waals surface area (Å²) >= 11 is 12.1. The van der Waals surface area contributed by atoms with E-state index < -0.39 is 5.91 Å². The van der Waals surface area contributed by atoms with Gasteiger partial charge in [0.1, 0.15) is 0 Å². The van der Waals surface area contributed by atoms with Crippen LogP contribution in [0.15, 0.2) is 36.4 Å². The molecule has 5 N–H and O–H groups in total. The average molecular weight is 296 g/mol. The Kier molecular flexibility index (Phi) is 3.83. The number of benzene rings is 2. The Morgan fingerprint density at radius 1 is 1.00 bits per heavy atom.